The third-order valence-corrected chi connectivity index (χ3v) is 8.93. The Kier molecular flexibility index (Phi) is 6.43. The van der Waals surface area contributed by atoms with Gasteiger partial charge in [-0.25, -0.2) is 14.1 Å². The predicted octanol–water partition coefficient (Wildman–Crippen LogP) is 6.09. The molecule has 2 aliphatic carbocycles. The fourth-order valence-electron chi connectivity index (χ4n) is 4.75. The van der Waals surface area contributed by atoms with Crippen LogP contribution in [0.5, 0.6) is 0 Å². The van der Waals surface area contributed by atoms with E-state index in [1.54, 1.807) is 18.3 Å². The number of aromatic nitrogens is 4. The molecule has 3 heterocycles. The first-order chi connectivity index (χ1) is 18.3. The second-order valence-corrected chi connectivity index (χ2v) is 17.4. The molecule has 0 aliphatic heterocycles. The lowest BCUT2D eigenvalue weighted by atomic mass is 9.98. The second kappa shape index (κ2) is 9.78. The van der Waals surface area contributed by atoms with E-state index in [0.29, 0.717) is 30.6 Å². The van der Waals surface area contributed by atoms with Crippen molar-refractivity contribution in [2.45, 2.75) is 70.1 Å². The van der Waals surface area contributed by atoms with E-state index in [4.69, 9.17) is 9.84 Å². The molecule has 1 N–H and O–H groups in total. The summed E-state index contributed by atoms with van der Waals surface area (Å²) < 4.78 is 23.8. The molecule has 1 aromatic carbocycles. The molecule has 0 atom stereocenters. The van der Waals surface area contributed by atoms with E-state index in [9.17, 15) is 9.18 Å². The van der Waals surface area contributed by atoms with Crippen molar-refractivity contribution in [1.82, 2.24) is 24.5 Å². The molecule has 0 unspecified atom stereocenters. The van der Waals surface area contributed by atoms with Gasteiger partial charge in [0.05, 0.1) is 11.9 Å². The van der Waals surface area contributed by atoms with Crippen LogP contribution < -0.4 is 5.32 Å². The van der Waals surface area contributed by atoms with Crippen molar-refractivity contribution in [3.05, 3.63) is 66.0 Å². The highest BCUT2D eigenvalue weighted by Crippen LogP contribution is 2.47. The molecular formula is C29H34FN5O2Si. The maximum atomic E-state index is 13.8. The van der Waals surface area contributed by atoms with Crippen molar-refractivity contribution in [2.75, 3.05) is 6.61 Å². The van der Waals surface area contributed by atoms with Gasteiger partial charge in [-0.3, -0.25) is 9.20 Å². The number of amides is 1. The van der Waals surface area contributed by atoms with Crippen LogP contribution in [-0.4, -0.2) is 45.8 Å². The third kappa shape index (κ3) is 5.30. The largest absolute Gasteiger partial charge is 0.360 e. The molecule has 6 rings (SSSR count). The van der Waals surface area contributed by atoms with E-state index in [1.165, 1.54) is 12.1 Å². The quantitative estimate of drug-likeness (QED) is 0.199. The van der Waals surface area contributed by atoms with E-state index >= 15 is 0 Å². The number of hydrogen-bond acceptors (Lipinski definition) is 4. The molecule has 1 amide bonds. The Hall–Kier alpha value is -3.30. The number of benzene rings is 1. The molecular weight excluding hydrogens is 497 g/mol. The topological polar surface area (TPSA) is 73.4 Å². The van der Waals surface area contributed by atoms with Crippen LogP contribution in [0, 0.1) is 5.82 Å². The second-order valence-electron chi connectivity index (χ2n) is 11.8. The smallest absolute Gasteiger partial charge is 0.270 e. The normalized spacial score (nSPS) is 15.8. The fraction of sp³-hybridized carbons (Fsp3) is 0.414. The Morgan fingerprint density at radius 1 is 1.08 bits per heavy atom. The zero-order valence-corrected chi connectivity index (χ0v) is 23.2. The summed E-state index contributed by atoms with van der Waals surface area (Å²) in [7, 11) is -1.21. The highest BCUT2D eigenvalue weighted by atomic mass is 28.3. The van der Waals surface area contributed by atoms with Crippen molar-refractivity contribution in [2.24, 2.45) is 0 Å². The number of fused-ring (bicyclic) bond motifs is 1. The molecule has 198 valence electrons. The molecule has 2 saturated carbocycles. The monoisotopic (exact) mass is 531 g/mol. The van der Waals surface area contributed by atoms with Crippen LogP contribution in [0.15, 0.2) is 48.8 Å². The third-order valence-electron chi connectivity index (χ3n) is 7.22. The van der Waals surface area contributed by atoms with E-state index < -0.39 is 8.07 Å². The van der Waals surface area contributed by atoms with Crippen LogP contribution in [0.1, 0.15) is 47.8 Å². The molecule has 0 radical (unpaired) electrons. The van der Waals surface area contributed by atoms with Crippen molar-refractivity contribution >= 4 is 19.6 Å². The van der Waals surface area contributed by atoms with Gasteiger partial charge >= 0.3 is 0 Å². The van der Waals surface area contributed by atoms with Crippen LogP contribution in [0.3, 0.4) is 0 Å². The fourth-order valence-corrected chi connectivity index (χ4v) is 5.51. The number of halogens is 1. The van der Waals surface area contributed by atoms with Gasteiger partial charge in [0.2, 0.25) is 0 Å². The van der Waals surface area contributed by atoms with Gasteiger partial charge in [0.1, 0.15) is 29.6 Å². The van der Waals surface area contributed by atoms with Gasteiger partial charge in [-0.2, -0.15) is 5.10 Å². The van der Waals surface area contributed by atoms with Crippen molar-refractivity contribution in [1.29, 1.82) is 0 Å². The molecule has 2 fully saturated rings. The van der Waals surface area contributed by atoms with E-state index in [0.717, 1.165) is 59.8 Å². The van der Waals surface area contributed by atoms with Gasteiger partial charge in [0.15, 0.2) is 0 Å². The molecule has 0 saturated heterocycles. The highest BCUT2D eigenvalue weighted by Gasteiger charge is 2.34. The van der Waals surface area contributed by atoms with Crippen molar-refractivity contribution in [3.63, 3.8) is 0 Å². The number of carbonyl (C=O) groups is 1. The first-order valence-electron chi connectivity index (χ1n) is 13.5. The van der Waals surface area contributed by atoms with Gasteiger partial charge < -0.3 is 10.1 Å². The van der Waals surface area contributed by atoms with Crippen LogP contribution >= 0.6 is 0 Å². The number of imidazole rings is 1. The average molecular weight is 532 g/mol. The molecule has 9 heteroatoms. The average Bonchev–Trinajstić information content (AvgIpc) is 3.81. The Morgan fingerprint density at radius 2 is 1.82 bits per heavy atom. The first-order valence-corrected chi connectivity index (χ1v) is 17.2. The minimum Gasteiger partial charge on any atom is -0.360 e. The number of nitrogens with one attached hydrogen (secondary N) is 1. The Morgan fingerprint density at radius 3 is 2.50 bits per heavy atom. The molecule has 0 spiro atoms. The highest BCUT2D eigenvalue weighted by molar-refractivity contribution is 6.76. The lowest BCUT2D eigenvalue weighted by molar-refractivity contribution is 0.0767. The van der Waals surface area contributed by atoms with Gasteiger partial charge in [0.25, 0.3) is 5.91 Å². The van der Waals surface area contributed by atoms with Gasteiger partial charge in [-0.15, -0.1) is 0 Å². The zero-order valence-electron chi connectivity index (χ0n) is 22.2. The van der Waals surface area contributed by atoms with Gasteiger partial charge in [-0.05, 0) is 68.1 Å². The SMILES string of the molecule is C[Si](C)(C)CCOCn1nc(-c2ccc(F)cc2)c(-c2ccc3ncc(C(=O)NC4CC4)n3c2)c1C1CC1. The van der Waals surface area contributed by atoms with E-state index in [1.807, 2.05) is 27.4 Å². The maximum absolute atomic E-state index is 13.8. The van der Waals surface area contributed by atoms with E-state index in [2.05, 4.69) is 29.9 Å². The van der Waals surface area contributed by atoms with Crippen LogP contribution in [0.25, 0.3) is 28.0 Å². The minimum atomic E-state index is -1.21. The summed E-state index contributed by atoms with van der Waals surface area (Å²) in [5, 5.41) is 8.10. The van der Waals surface area contributed by atoms with Crippen LogP contribution in [0.4, 0.5) is 4.39 Å². The lowest BCUT2D eigenvalue weighted by Gasteiger charge is -2.16. The molecule has 0 bridgehead atoms. The van der Waals surface area contributed by atoms with Crippen molar-refractivity contribution in [3.8, 4) is 22.4 Å². The summed E-state index contributed by atoms with van der Waals surface area (Å²) in [6, 6.07) is 11.8. The summed E-state index contributed by atoms with van der Waals surface area (Å²) in [6.45, 7) is 8.12. The van der Waals surface area contributed by atoms with Crippen LogP contribution in [-0.2, 0) is 11.5 Å². The number of rotatable bonds is 10. The van der Waals surface area contributed by atoms with Crippen LogP contribution in [0.2, 0.25) is 25.7 Å². The molecule has 38 heavy (non-hydrogen) atoms. The summed E-state index contributed by atoms with van der Waals surface area (Å²) in [5.41, 5.74) is 5.98. The standard InChI is InChI=1S/C29H34FN5O2Si/c1-38(2,3)15-14-37-18-35-28(20-4-5-20)26(27(33-35)19-6-9-22(30)10-7-19)21-8-13-25-31-16-24(34(25)17-21)29(36)32-23-11-12-23/h6-10,13,16-17,20,23H,4-5,11-12,14-15,18H2,1-3H3,(H,32,36). The summed E-state index contributed by atoms with van der Waals surface area (Å²) in [5.74, 6) is 0.00575. The summed E-state index contributed by atoms with van der Waals surface area (Å²) >= 11 is 0. The van der Waals surface area contributed by atoms with Crippen molar-refractivity contribution < 1.29 is 13.9 Å². The Bertz CT molecular complexity index is 1480. The minimum absolute atomic E-state index is 0.107. The molecule has 3 aromatic heterocycles. The predicted molar refractivity (Wildman–Crippen MR) is 148 cm³/mol. The first kappa shape index (κ1) is 25.0. The zero-order chi connectivity index (χ0) is 26.4. The summed E-state index contributed by atoms with van der Waals surface area (Å²) in [6.07, 6.45) is 7.86. The van der Waals surface area contributed by atoms with E-state index in [-0.39, 0.29) is 17.8 Å². The maximum Gasteiger partial charge on any atom is 0.270 e. The Balaban J connectivity index is 1.43. The molecule has 7 nitrogen and oxygen atoms in total. The van der Waals surface area contributed by atoms with Gasteiger partial charge in [-0.1, -0.05) is 19.6 Å². The van der Waals surface area contributed by atoms with Gasteiger partial charge in [0, 0.05) is 49.5 Å². The number of nitrogens with zero attached hydrogens (tertiary/aromatic N) is 4. The lowest BCUT2D eigenvalue weighted by Crippen LogP contribution is -2.26. The Labute approximate surface area is 223 Å². The number of pyridine rings is 1. The molecule has 2 aliphatic rings. The molecule has 4 aromatic rings. The number of ether oxygens (including phenoxy) is 1. The summed E-state index contributed by atoms with van der Waals surface area (Å²) in [4.78, 5) is 17.4. The number of carbonyl (C=O) groups excluding carboxylic acids is 1. The number of hydrogen-bond donors (Lipinski definition) is 1.